The van der Waals surface area contributed by atoms with Gasteiger partial charge < -0.3 is 9.73 Å². The number of aromatic nitrogens is 1. The van der Waals surface area contributed by atoms with Crippen molar-refractivity contribution in [3.8, 4) is 11.3 Å². The molecule has 2 N–H and O–H groups in total. The highest BCUT2D eigenvalue weighted by Crippen LogP contribution is 2.34. The second kappa shape index (κ2) is 9.91. The number of pyridine rings is 1. The van der Waals surface area contributed by atoms with E-state index in [4.69, 9.17) is 16.0 Å². The molecule has 0 aliphatic heterocycles. The van der Waals surface area contributed by atoms with E-state index in [1.807, 2.05) is 62.4 Å². The molecule has 0 aliphatic rings. The van der Waals surface area contributed by atoms with Crippen LogP contribution in [-0.2, 0) is 4.79 Å². The second-order valence-electron chi connectivity index (χ2n) is 8.10. The number of nitrogens with one attached hydrogen (secondary N) is 2. The summed E-state index contributed by atoms with van der Waals surface area (Å²) in [4.78, 5) is 29.0. The maximum absolute atomic E-state index is 13.3. The molecule has 174 valence electrons. The molecule has 2 heterocycles. The topological polar surface area (TPSA) is 84.2 Å². The Balaban J connectivity index is 1.81. The van der Waals surface area contributed by atoms with Crippen LogP contribution < -0.4 is 15.5 Å². The number of nitrogens with zero attached hydrogens (tertiary/aromatic N) is 1. The van der Waals surface area contributed by atoms with Gasteiger partial charge in [0, 0.05) is 35.6 Å². The van der Waals surface area contributed by atoms with Crippen molar-refractivity contribution in [2.24, 2.45) is 0 Å². The van der Waals surface area contributed by atoms with Crippen molar-refractivity contribution in [3.63, 3.8) is 0 Å². The highest BCUT2D eigenvalue weighted by Gasteiger charge is 2.20. The number of aryl methyl sites for hydroxylation is 1. The fourth-order valence-corrected chi connectivity index (χ4v) is 4.61. The van der Waals surface area contributed by atoms with E-state index in [9.17, 15) is 9.59 Å². The molecule has 0 aliphatic carbocycles. The molecule has 6 nitrogen and oxygen atoms in total. The number of amides is 1. The molecule has 0 radical (unpaired) electrons. The number of rotatable bonds is 6. The number of benzene rings is 2. The summed E-state index contributed by atoms with van der Waals surface area (Å²) in [7, 11) is 0. The highest BCUT2D eigenvalue weighted by atomic mass is 35.5. The van der Waals surface area contributed by atoms with E-state index in [1.54, 1.807) is 13.0 Å². The third-order valence-corrected chi connectivity index (χ3v) is 6.49. The van der Waals surface area contributed by atoms with Crippen LogP contribution in [0.5, 0.6) is 0 Å². The van der Waals surface area contributed by atoms with E-state index >= 15 is 0 Å². The van der Waals surface area contributed by atoms with Crippen LogP contribution in [0.1, 0.15) is 36.6 Å². The zero-order chi connectivity index (χ0) is 24.4. The van der Waals surface area contributed by atoms with Crippen LogP contribution in [-0.4, -0.2) is 10.9 Å². The first-order valence-electron chi connectivity index (χ1n) is 10.7. The van der Waals surface area contributed by atoms with Crippen LogP contribution in [0.3, 0.4) is 0 Å². The fraction of sp³-hybridized carbons (Fsp3) is 0.192. The zero-order valence-electron chi connectivity index (χ0n) is 19.2. The van der Waals surface area contributed by atoms with Crippen LogP contribution >= 0.6 is 23.5 Å². The van der Waals surface area contributed by atoms with Gasteiger partial charge in [0.1, 0.15) is 21.5 Å². The molecule has 34 heavy (non-hydrogen) atoms. The summed E-state index contributed by atoms with van der Waals surface area (Å²) >= 11 is 7.16. The Morgan fingerprint density at radius 2 is 1.85 bits per heavy atom. The van der Waals surface area contributed by atoms with E-state index in [1.165, 1.54) is 6.92 Å². The van der Waals surface area contributed by atoms with Gasteiger partial charge in [0.15, 0.2) is 5.43 Å². The number of carbonyl (C=O) groups excluding carboxylic acids is 1. The number of halogens is 1. The summed E-state index contributed by atoms with van der Waals surface area (Å²) in [6.45, 7) is 7.16. The minimum atomic E-state index is -0.239. The average molecular weight is 494 g/mol. The van der Waals surface area contributed by atoms with E-state index in [0.29, 0.717) is 38.2 Å². The summed E-state index contributed by atoms with van der Waals surface area (Å²) in [5.74, 6) is 0.367. The second-order valence-corrected chi connectivity index (χ2v) is 9.28. The van der Waals surface area contributed by atoms with Gasteiger partial charge in [-0.15, -0.1) is 0 Å². The maximum atomic E-state index is 13.3. The molecule has 1 unspecified atom stereocenters. The molecule has 4 rings (SSSR count). The standard InChI is InChI=1S/C26H24ClN3O3S/c1-14-12-19(16(3)28-21-10-11-22(27)29-26(21)34-30-17(4)31)25-20(13-14)23(32)15(2)24(33-25)18-8-6-5-7-9-18/h5-13,16,28H,1-4H3,(H,30,31). The van der Waals surface area contributed by atoms with Crippen molar-refractivity contribution in [2.45, 2.75) is 38.8 Å². The predicted molar refractivity (Wildman–Crippen MR) is 138 cm³/mol. The number of hydrogen-bond acceptors (Lipinski definition) is 6. The minimum Gasteiger partial charge on any atom is -0.455 e. The Hall–Kier alpha value is -3.29. The lowest BCUT2D eigenvalue weighted by Gasteiger charge is -2.20. The number of carbonyl (C=O) groups is 1. The first-order valence-corrected chi connectivity index (χ1v) is 11.9. The third kappa shape index (κ3) is 4.95. The molecule has 0 saturated heterocycles. The summed E-state index contributed by atoms with van der Waals surface area (Å²) in [6, 6.07) is 16.7. The summed E-state index contributed by atoms with van der Waals surface area (Å²) in [5, 5.41) is 4.84. The first-order chi connectivity index (χ1) is 16.2. The molecule has 0 saturated carbocycles. The van der Waals surface area contributed by atoms with Crippen LogP contribution in [0.2, 0.25) is 5.15 Å². The van der Waals surface area contributed by atoms with Gasteiger partial charge in [-0.25, -0.2) is 4.98 Å². The van der Waals surface area contributed by atoms with Gasteiger partial charge >= 0.3 is 0 Å². The van der Waals surface area contributed by atoms with E-state index in [-0.39, 0.29) is 17.4 Å². The lowest BCUT2D eigenvalue weighted by atomic mass is 9.99. The van der Waals surface area contributed by atoms with Crippen molar-refractivity contribution in [2.75, 3.05) is 5.32 Å². The molecular formula is C26H24ClN3O3S. The number of hydrogen-bond donors (Lipinski definition) is 2. The Morgan fingerprint density at radius 3 is 2.56 bits per heavy atom. The van der Waals surface area contributed by atoms with Crippen LogP contribution in [0.15, 0.2) is 68.8 Å². The molecule has 8 heteroatoms. The van der Waals surface area contributed by atoms with Crippen molar-refractivity contribution in [3.05, 3.63) is 86.7 Å². The molecule has 1 atom stereocenters. The Bertz CT molecular complexity index is 1440. The SMILES string of the molecule is CC(=O)NSc1nc(Cl)ccc1NC(C)c1cc(C)cc2c(=O)c(C)c(-c3ccccc3)oc12. The summed E-state index contributed by atoms with van der Waals surface area (Å²) in [5.41, 5.74) is 4.41. The molecule has 0 fully saturated rings. The monoisotopic (exact) mass is 493 g/mol. The molecule has 1 amide bonds. The summed E-state index contributed by atoms with van der Waals surface area (Å²) < 4.78 is 9.07. The zero-order valence-corrected chi connectivity index (χ0v) is 20.8. The minimum absolute atomic E-state index is 0.0488. The molecule has 4 aromatic rings. The average Bonchev–Trinajstić information content (AvgIpc) is 2.81. The van der Waals surface area contributed by atoms with Gasteiger partial charge in [0.2, 0.25) is 5.91 Å². The highest BCUT2D eigenvalue weighted by molar-refractivity contribution is 7.98. The smallest absolute Gasteiger partial charge is 0.226 e. The van der Waals surface area contributed by atoms with Crippen LogP contribution in [0, 0.1) is 13.8 Å². The van der Waals surface area contributed by atoms with Crippen molar-refractivity contribution in [1.82, 2.24) is 9.71 Å². The Kier molecular flexibility index (Phi) is 6.95. The van der Waals surface area contributed by atoms with Gasteiger partial charge in [-0.2, -0.15) is 0 Å². The van der Waals surface area contributed by atoms with Gasteiger partial charge in [-0.3, -0.25) is 14.3 Å². The van der Waals surface area contributed by atoms with Gasteiger partial charge in [0.25, 0.3) is 0 Å². The molecule has 2 aromatic carbocycles. The van der Waals surface area contributed by atoms with Crippen LogP contribution in [0.4, 0.5) is 5.69 Å². The lowest BCUT2D eigenvalue weighted by molar-refractivity contribution is -0.117. The third-order valence-electron chi connectivity index (χ3n) is 5.38. The number of anilines is 1. The Morgan fingerprint density at radius 1 is 1.12 bits per heavy atom. The van der Waals surface area contributed by atoms with Crippen molar-refractivity contribution < 1.29 is 9.21 Å². The molecule has 0 bridgehead atoms. The fourth-order valence-electron chi connectivity index (χ4n) is 3.79. The quantitative estimate of drug-likeness (QED) is 0.237. The largest absolute Gasteiger partial charge is 0.455 e. The van der Waals surface area contributed by atoms with Crippen LogP contribution in [0.25, 0.3) is 22.3 Å². The Labute approximate surface area is 206 Å². The van der Waals surface area contributed by atoms with Gasteiger partial charge in [0.05, 0.1) is 17.1 Å². The van der Waals surface area contributed by atoms with E-state index in [0.717, 1.165) is 28.6 Å². The molecule has 0 spiro atoms. The van der Waals surface area contributed by atoms with Crippen molar-refractivity contribution >= 4 is 46.1 Å². The van der Waals surface area contributed by atoms with E-state index in [2.05, 4.69) is 15.0 Å². The maximum Gasteiger partial charge on any atom is 0.226 e. The van der Waals surface area contributed by atoms with E-state index < -0.39 is 0 Å². The normalized spacial score (nSPS) is 11.9. The first kappa shape index (κ1) is 23.9. The lowest BCUT2D eigenvalue weighted by Crippen LogP contribution is -2.14. The molecule has 2 aromatic heterocycles. The molecular weight excluding hydrogens is 470 g/mol. The number of fused-ring (bicyclic) bond motifs is 1. The van der Waals surface area contributed by atoms with Gasteiger partial charge in [-0.1, -0.05) is 48.0 Å². The summed E-state index contributed by atoms with van der Waals surface area (Å²) in [6.07, 6.45) is 0. The van der Waals surface area contributed by atoms with Crippen molar-refractivity contribution in [1.29, 1.82) is 0 Å². The predicted octanol–water partition coefficient (Wildman–Crippen LogP) is 6.44. The van der Waals surface area contributed by atoms with Gasteiger partial charge in [-0.05, 0) is 44.5 Å².